The van der Waals surface area contributed by atoms with Crippen LogP contribution in [0.25, 0.3) is 0 Å². The highest BCUT2D eigenvalue weighted by atomic mass is 14.7. The molecule has 1 aliphatic rings. The molecule has 0 aromatic rings. The third-order valence-corrected chi connectivity index (χ3v) is 1.19. The van der Waals surface area contributed by atoms with Gasteiger partial charge in [-0.1, -0.05) is 18.2 Å². The Labute approximate surface area is 49.4 Å². The van der Waals surface area contributed by atoms with Crippen molar-refractivity contribution in [3.05, 3.63) is 23.9 Å². The third-order valence-electron chi connectivity index (χ3n) is 1.19. The Morgan fingerprint density at radius 3 is 2.75 bits per heavy atom. The molecule has 0 fully saturated rings. The van der Waals surface area contributed by atoms with Crippen LogP contribution in [0.1, 0.15) is 12.8 Å². The lowest BCUT2D eigenvalue weighted by molar-refractivity contribution is 1.09. The van der Waals surface area contributed by atoms with Crippen LogP contribution in [-0.4, -0.2) is 6.72 Å². The second-order valence-corrected chi connectivity index (χ2v) is 1.76. The lowest BCUT2D eigenvalue weighted by Crippen LogP contribution is -1.79. The van der Waals surface area contributed by atoms with Gasteiger partial charge in [0.2, 0.25) is 0 Å². The van der Waals surface area contributed by atoms with E-state index < -0.39 is 0 Å². The van der Waals surface area contributed by atoms with Crippen molar-refractivity contribution in [2.45, 2.75) is 12.8 Å². The smallest absolute Gasteiger partial charge is 0.0397 e. The molecule has 42 valence electrons. The van der Waals surface area contributed by atoms with Crippen molar-refractivity contribution < 1.29 is 0 Å². The molecule has 1 rings (SSSR count). The minimum Gasteiger partial charge on any atom is -0.269 e. The fourth-order valence-corrected chi connectivity index (χ4v) is 0.717. The zero-order valence-electron chi connectivity index (χ0n) is 4.80. The number of aliphatic imine (C=N–C) groups is 1. The van der Waals surface area contributed by atoms with E-state index in [2.05, 4.69) is 29.9 Å². The summed E-state index contributed by atoms with van der Waals surface area (Å²) in [6, 6.07) is 0. The molecule has 1 aliphatic carbocycles. The number of allylic oxidation sites excluding steroid dienone is 3. The Balaban J connectivity index is 2.55. The average molecular weight is 107 g/mol. The first-order valence-corrected chi connectivity index (χ1v) is 2.74. The average Bonchev–Trinajstić information content (AvgIpc) is 1.90. The lowest BCUT2D eigenvalue weighted by atomic mass is 10.2. The number of nitrogens with zero attached hydrogens (tertiary/aromatic N) is 1. The van der Waals surface area contributed by atoms with Gasteiger partial charge < -0.3 is 0 Å². The molecule has 0 amide bonds. The van der Waals surface area contributed by atoms with Gasteiger partial charge in [0, 0.05) is 12.1 Å². The van der Waals surface area contributed by atoms with Crippen LogP contribution in [-0.2, 0) is 0 Å². The van der Waals surface area contributed by atoms with E-state index in [0.717, 1.165) is 18.5 Å². The first kappa shape index (κ1) is 5.29. The second kappa shape index (κ2) is 2.46. The van der Waals surface area contributed by atoms with Crippen molar-refractivity contribution >= 4 is 6.72 Å². The van der Waals surface area contributed by atoms with Crippen molar-refractivity contribution in [2.75, 3.05) is 0 Å². The fourth-order valence-electron chi connectivity index (χ4n) is 0.717. The molecular weight excluding hydrogens is 98.1 g/mol. The van der Waals surface area contributed by atoms with Crippen LogP contribution >= 0.6 is 0 Å². The van der Waals surface area contributed by atoms with Gasteiger partial charge in [-0.25, -0.2) is 0 Å². The zero-order chi connectivity index (χ0) is 5.82. The van der Waals surface area contributed by atoms with E-state index in [1.54, 1.807) is 0 Å². The largest absolute Gasteiger partial charge is 0.269 e. The van der Waals surface area contributed by atoms with E-state index in [1.165, 1.54) is 0 Å². The van der Waals surface area contributed by atoms with Crippen LogP contribution in [0, 0.1) is 0 Å². The highest BCUT2D eigenvalue weighted by Gasteiger charge is 1.91. The molecule has 0 atom stereocenters. The van der Waals surface area contributed by atoms with Crippen molar-refractivity contribution in [2.24, 2.45) is 4.99 Å². The maximum absolute atomic E-state index is 3.81. The van der Waals surface area contributed by atoms with E-state index in [4.69, 9.17) is 0 Å². The maximum atomic E-state index is 3.81. The summed E-state index contributed by atoms with van der Waals surface area (Å²) in [7, 11) is 0. The van der Waals surface area contributed by atoms with E-state index in [0.29, 0.717) is 0 Å². The normalized spacial score (nSPS) is 17.8. The van der Waals surface area contributed by atoms with Gasteiger partial charge in [-0.3, -0.25) is 4.99 Å². The predicted molar refractivity (Wildman–Crippen MR) is 36.0 cm³/mol. The maximum Gasteiger partial charge on any atom is 0.0397 e. The number of hydrogen-bond donors (Lipinski definition) is 0. The summed E-state index contributed by atoms with van der Waals surface area (Å²) >= 11 is 0. The van der Waals surface area contributed by atoms with Crippen molar-refractivity contribution in [1.82, 2.24) is 0 Å². The summed E-state index contributed by atoms with van der Waals surface area (Å²) in [5, 5.41) is 0. The quantitative estimate of drug-likeness (QED) is 0.358. The van der Waals surface area contributed by atoms with Crippen LogP contribution in [0.4, 0.5) is 0 Å². The van der Waals surface area contributed by atoms with Crippen LogP contribution in [0.15, 0.2) is 28.9 Å². The molecule has 0 unspecified atom stereocenters. The SMILES string of the molecule is C=NC1=CCC=CC1. The van der Waals surface area contributed by atoms with Gasteiger partial charge in [-0.05, 0) is 13.1 Å². The van der Waals surface area contributed by atoms with Gasteiger partial charge >= 0.3 is 0 Å². The third kappa shape index (κ3) is 1.06. The number of rotatable bonds is 1. The second-order valence-electron chi connectivity index (χ2n) is 1.76. The van der Waals surface area contributed by atoms with Crippen molar-refractivity contribution in [3.63, 3.8) is 0 Å². The number of hydrogen-bond acceptors (Lipinski definition) is 1. The van der Waals surface area contributed by atoms with Gasteiger partial charge in [0.1, 0.15) is 0 Å². The molecular formula is C7H9N. The molecule has 1 nitrogen and oxygen atoms in total. The summed E-state index contributed by atoms with van der Waals surface area (Å²) in [6.07, 6.45) is 8.32. The Morgan fingerprint density at radius 2 is 2.38 bits per heavy atom. The first-order chi connectivity index (χ1) is 3.93. The summed E-state index contributed by atoms with van der Waals surface area (Å²) in [5.41, 5.74) is 1.10. The Kier molecular flexibility index (Phi) is 1.62. The van der Waals surface area contributed by atoms with E-state index in [9.17, 15) is 0 Å². The molecule has 0 aromatic heterocycles. The molecule has 0 radical (unpaired) electrons. The van der Waals surface area contributed by atoms with Crippen LogP contribution in [0.5, 0.6) is 0 Å². The van der Waals surface area contributed by atoms with E-state index in [-0.39, 0.29) is 0 Å². The Bertz CT molecular complexity index is 142. The molecule has 0 aliphatic heterocycles. The van der Waals surface area contributed by atoms with Crippen molar-refractivity contribution in [1.29, 1.82) is 0 Å². The van der Waals surface area contributed by atoms with Crippen LogP contribution in [0.2, 0.25) is 0 Å². The Hall–Kier alpha value is -0.850. The topological polar surface area (TPSA) is 12.4 Å². The summed E-state index contributed by atoms with van der Waals surface area (Å²) in [5.74, 6) is 0. The standard InChI is InChI=1S/C7H9N/c1-8-7-5-3-2-4-6-7/h2-3,6H,1,4-5H2. The molecule has 0 saturated carbocycles. The van der Waals surface area contributed by atoms with Gasteiger partial charge in [0.15, 0.2) is 0 Å². The zero-order valence-corrected chi connectivity index (χ0v) is 4.80. The molecule has 0 bridgehead atoms. The van der Waals surface area contributed by atoms with Gasteiger partial charge in [-0.2, -0.15) is 0 Å². The minimum absolute atomic E-state index is 0.962. The summed E-state index contributed by atoms with van der Waals surface area (Å²) < 4.78 is 0. The molecule has 0 aromatic carbocycles. The highest BCUT2D eigenvalue weighted by molar-refractivity contribution is 5.30. The highest BCUT2D eigenvalue weighted by Crippen LogP contribution is 2.09. The molecule has 0 heterocycles. The monoisotopic (exact) mass is 107 g/mol. The van der Waals surface area contributed by atoms with Crippen LogP contribution in [0.3, 0.4) is 0 Å². The minimum atomic E-state index is 0.962. The van der Waals surface area contributed by atoms with E-state index in [1.807, 2.05) is 0 Å². The van der Waals surface area contributed by atoms with E-state index >= 15 is 0 Å². The van der Waals surface area contributed by atoms with Gasteiger partial charge in [-0.15, -0.1) is 0 Å². The first-order valence-electron chi connectivity index (χ1n) is 2.74. The molecule has 0 spiro atoms. The molecule has 1 heteroatoms. The van der Waals surface area contributed by atoms with Gasteiger partial charge in [0.05, 0.1) is 0 Å². The van der Waals surface area contributed by atoms with Crippen molar-refractivity contribution in [3.8, 4) is 0 Å². The van der Waals surface area contributed by atoms with Crippen LogP contribution < -0.4 is 0 Å². The fraction of sp³-hybridized carbons (Fsp3) is 0.286. The molecule has 8 heavy (non-hydrogen) atoms. The predicted octanol–water partition coefficient (Wildman–Crippen LogP) is 1.92. The summed E-state index contributed by atoms with van der Waals surface area (Å²) in [4.78, 5) is 3.81. The lowest BCUT2D eigenvalue weighted by Gasteiger charge is -1.98. The molecule has 0 saturated heterocycles. The van der Waals surface area contributed by atoms with Gasteiger partial charge in [0.25, 0.3) is 0 Å². The molecule has 0 N–H and O–H groups in total. The summed E-state index contributed by atoms with van der Waals surface area (Å²) in [6.45, 7) is 3.43. The Morgan fingerprint density at radius 1 is 1.50 bits per heavy atom.